The summed E-state index contributed by atoms with van der Waals surface area (Å²) in [6.45, 7) is 2.50. The van der Waals surface area contributed by atoms with Crippen LogP contribution in [0.5, 0.6) is 5.75 Å². The molecular weight excluding hydrogens is 271 g/mol. The fraction of sp³-hybridized carbons (Fsp3) is 0.600. The number of methoxy groups -OCH3 is 1. The summed E-state index contributed by atoms with van der Waals surface area (Å²) in [5, 5.41) is 1.25. The molecule has 2 heteroatoms. The Bertz CT molecular complexity index is 356. The van der Waals surface area contributed by atoms with Crippen LogP contribution in [0, 0.1) is 0 Å². The number of para-hydroxylation sites is 1. The maximum absolute atomic E-state index is 5.43. The quantitative estimate of drug-likeness (QED) is 0.761. The third-order valence-corrected chi connectivity index (χ3v) is 7.34. The normalized spacial score (nSPS) is 19.6. The molecule has 0 saturated heterocycles. The van der Waals surface area contributed by atoms with Crippen molar-refractivity contribution in [1.29, 1.82) is 0 Å². The van der Waals surface area contributed by atoms with Crippen molar-refractivity contribution in [2.75, 3.05) is 7.11 Å². The molecule has 93 valence electrons. The van der Waals surface area contributed by atoms with Gasteiger partial charge in [0.2, 0.25) is 0 Å². The first kappa shape index (κ1) is 13.0. The first-order chi connectivity index (χ1) is 8.23. The van der Waals surface area contributed by atoms with E-state index >= 15 is 0 Å². The summed E-state index contributed by atoms with van der Waals surface area (Å²) in [4.78, 5) is 0. The van der Waals surface area contributed by atoms with E-state index < -0.39 is 0 Å². The van der Waals surface area contributed by atoms with E-state index in [0.717, 1.165) is 5.75 Å². The Hall–Kier alpha value is -0.422. The third kappa shape index (κ3) is 3.52. The van der Waals surface area contributed by atoms with Gasteiger partial charge in [-0.2, -0.15) is 0 Å². The third-order valence-electron chi connectivity index (χ3n) is 3.75. The van der Waals surface area contributed by atoms with Crippen molar-refractivity contribution in [1.82, 2.24) is 0 Å². The van der Waals surface area contributed by atoms with Gasteiger partial charge in [-0.05, 0) is 0 Å². The second-order valence-electron chi connectivity index (χ2n) is 5.19. The molecule has 0 atom stereocenters. The Morgan fingerprint density at radius 1 is 1.18 bits per heavy atom. The maximum atomic E-state index is 5.43. The van der Waals surface area contributed by atoms with E-state index in [1.807, 2.05) is 0 Å². The van der Waals surface area contributed by atoms with Gasteiger partial charge in [-0.3, -0.25) is 0 Å². The minimum atomic E-state index is 0.395. The molecule has 0 heterocycles. The number of rotatable bonds is 4. The molecular formula is C15H22AsO. The number of hydrogen-bond donors (Lipinski definition) is 0. The van der Waals surface area contributed by atoms with Crippen molar-refractivity contribution >= 4 is 15.8 Å². The van der Waals surface area contributed by atoms with Gasteiger partial charge in [0, 0.05) is 0 Å². The standard InChI is InChI=1S/C15H22AsO/c1-15(10-6-3-7-11-15)16-12-13-8-4-5-9-14(13)17-2/h4-5,8-9H,3,6-7,10-12H2,1-2H3. The molecule has 0 amide bonds. The molecule has 0 bridgehead atoms. The van der Waals surface area contributed by atoms with E-state index in [1.54, 1.807) is 7.11 Å². The zero-order chi connectivity index (χ0) is 12.1. The zero-order valence-corrected chi connectivity index (χ0v) is 12.8. The molecule has 1 aromatic rings. The molecule has 1 saturated carbocycles. The summed E-state index contributed by atoms with van der Waals surface area (Å²) in [7, 11) is 1.78. The summed E-state index contributed by atoms with van der Waals surface area (Å²) in [5.41, 5.74) is 1.40. The van der Waals surface area contributed by atoms with Gasteiger partial charge < -0.3 is 0 Å². The first-order valence-electron chi connectivity index (χ1n) is 6.54. The Kier molecular flexibility index (Phi) is 4.56. The van der Waals surface area contributed by atoms with E-state index in [-0.39, 0.29) is 0 Å². The first-order valence-corrected chi connectivity index (χ1v) is 8.81. The van der Waals surface area contributed by atoms with Crippen LogP contribution in [0.15, 0.2) is 24.3 Å². The van der Waals surface area contributed by atoms with Gasteiger partial charge in [0.05, 0.1) is 0 Å². The van der Waals surface area contributed by atoms with Crippen molar-refractivity contribution in [2.24, 2.45) is 0 Å². The van der Waals surface area contributed by atoms with Gasteiger partial charge in [0.25, 0.3) is 0 Å². The Morgan fingerprint density at radius 3 is 2.59 bits per heavy atom. The van der Waals surface area contributed by atoms with Crippen LogP contribution < -0.4 is 4.74 Å². The molecule has 0 N–H and O–H groups in total. The van der Waals surface area contributed by atoms with Gasteiger partial charge >= 0.3 is 112 Å². The fourth-order valence-electron chi connectivity index (χ4n) is 2.58. The van der Waals surface area contributed by atoms with Gasteiger partial charge in [0.15, 0.2) is 0 Å². The molecule has 0 aliphatic heterocycles. The molecule has 1 aromatic carbocycles. The zero-order valence-electron chi connectivity index (χ0n) is 10.9. The van der Waals surface area contributed by atoms with Crippen LogP contribution in [0.4, 0.5) is 0 Å². The molecule has 1 nitrogen and oxygen atoms in total. The van der Waals surface area contributed by atoms with E-state index in [9.17, 15) is 0 Å². The van der Waals surface area contributed by atoms with Crippen molar-refractivity contribution in [2.45, 2.75) is 48.4 Å². The van der Waals surface area contributed by atoms with E-state index in [1.165, 1.54) is 42.9 Å². The topological polar surface area (TPSA) is 9.23 Å². The monoisotopic (exact) mass is 293 g/mol. The van der Waals surface area contributed by atoms with Crippen molar-refractivity contribution in [3.8, 4) is 5.75 Å². The molecule has 1 aliphatic carbocycles. The van der Waals surface area contributed by atoms with E-state index in [0.29, 0.717) is 20.0 Å². The second kappa shape index (κ2) is 5.96. The number of benzene rings is 1. The molecule has 0 unspecified atom stereocenters. The predicted octanol–water partition coefficient (Wildman–Crippen LogP) is 4.04. The van der Waals surface area contributed by atoms with Crippen LogP contribution in [0.3, 0.4) is 0 Å². The SMILES string of the molecule is COc1ccccc1C[As]C1(C)CCCCC1. The molecule has 1 aliphatic rings. The summed E-state index contributed by atoms with van der Waals surface area (Å²) < 4.78 is 6.10. The van der Waals surface area contributed by atoms with E-state index in [2.05, 4.69) is 31.2 Å². The van der Waals surface area contributed by atoms with Crippen LogP contribution in [0.25, 0.3) is 0 Å². The van der Waals surface area contributed by atoms with Crippen molar-refractivity contribution < 1.29 is 4.74 Å². The van der Waals surface area contributed by atoms with Crippen LogP contribution in [-0.2, 0) is 5.21 Å². The molecule has 1 fully saturated rings. The number of ether oxygens (including phenoxy) is 1. The van der Waals surface area contributed by atoms with Gasteiger partial charge in [-0.1, -0.05) is 0 Å². The van der Waals surface area contributed by atoms with E-state index in [4.69, 9.17) is 4.74 Å². The Labute approximate surface area is 112 Å². The summed E-state index contributed by atoms with van der Waals surface area (Å²) >= 11 is 0.395. The van der Waals surface area contributed by atoms with Gasteiger partial charge in [-0.15, -0.1) is 0 Å². The Morgan fingerprint density at radius 2 is 1.88 bits per heavy atom. The van der Waals surface area contributed by atoms with Crippen LogP contribution >= 0.6 is 0 Å². The fourth-order valence-corrected chi connectivity index (χ4v) is 5.61. The summed E-state index contributed by atoms with van der Waals surface area (Å²) in [6, 6.07) is 8.49. The second-order valence-corrected chi connectivity index (χ2v) is 8.78. The molecule has 2 rings (SSSR count). The van der Waals surface area contributed by atoms with Crippen LogP contribution in [0.1, 0.15) is 44.6 Å². The predicted molar refractivity (Wildman–Crippen MR) is 73.9 cm³/mol. The average molecular weight is 293 g/mol. The van der Waals surface area contributed by atoms with Crippen molar-refractivity contribution in [3.63, 3.8) is 0 Å². The van der Waals surface area contributed by atoms with Gasteiger partial charge in [-0.25, -0.2) is 0 Å². The molecule has 17 heavy (non-hydrogen) atoms. The molecule has 0 aromatic heterocycles. The van der Waals surface area contributed by atoms with Gasteiger partial charge in [0.1, 0.15) is 0 Å². The average Bonchev–Trinajstić information content (AvgIpc) is 2.38. The molecule has 1 radical (unpaired) electrons. The Balaban J connectivity index is 1.96. The molecule has 0 spiro atoms. The van der Waals surface area contributed by atoms with Crippen molar-refractivity contribution in [3.05, 3.63) is 29.8 Å². The minimum absolute atomic E-state index is 0.395. The van der Waals surface area contributed by atoms with Crippen LogP contribution in [-0.4, -0.2) is 22.9 Å². The number of hydrogen-bond acceptors (Lipinski definition) is 1. The summed E-state index contributed by atoms with van der Waals surface area (Å²) in [5.74, 6) is 1.07. The summed E-state index contributed by atoms with van der Waals surface area (Å²) in [6.07, 6.45) is 7.23. The van der Waals surface area contributed by atoms with Crippen LogP contribution in [0.2, 0.25) is 4.20 Å².